The second-order valence-corrected chi connectivity index (χ2v) is 11.0. The molecule has 170 valence electrons. The van der Waals surface area contributed by atoms with Crippen LogP contribution in [0.5, 0.6) is 0 Å². The molecule has 2 aromatic heterocycles. The lowest BCUT2D eigenvalue weighted by Crippen LogP contribution is -2.54. The Labute approximate surface area is 187 Å². The first-order valence-electron chi connectivity index (χ1n) is 10.7. The number of carbonyl (C=O) groups excluding carboxylic acids is 1. The summed E-state index contributed by atoms with van der Waals surface area (Å²) in [4.78, 5) is 17.3. The lowest BCUT2D eigenvalue weighted by Gasteiger charge is -2.37. The molecular formula is C20H30N6O3S2. The zero-order valence-corrected chi connectivity index (χ0v) is 19.9. The molecule has 2 aromatic rings. The summed E-state index contributed by atoms with van der Waals surface area (Å²) in [5.74, 6) is 0. The van der Waals surface area contributed by atoms with Gasteiger partial charge >= 0.3 is 16.2 Å². The number of aromatic nitrogens is 2. The number of likely N-dealkylation sites (tertiary alicyclic amines) is 1. The maximum atomic E-state index is 13.4. The number of hydrogen-bond acceptors (Lipinski definition) is 6. The quantitative estimate of drug-likeness (QED) is 0.681. The lowest BCUT2D eigenvalue weighted by atomic mass is 10.1. The van der Waals surface area contributed by atoms with Gasteiger partial charge in [-0.05, 0) is 57.7 Å². The van der Waals surface area contributed by atoms with Crippen molar-refractivity contribution in [2.24, 2.45) is 7.05 Å². The molecule has 4 rings (SSSR count). The minimum absolute atomic E-state index is 0.273. The highest BCUT2D eigenvalue weighted by Crippen LogP contribution is 2.39. The van der Waals surface area contributed by atoms with Gasteiger partial charge in [-0.3, -0.25) is 4.68 Å². The maximum absolute atomic E-state index is 13.4. The first-order valence-corrected chi connectivity index (χ1v) is 13.0. The second-order valence-electron chi connectivity index (χ2n) is 8.30. The van der Waals surface area contributed by atoms with Crippen molar-refractivity contribution in [3.63, 3.8) is 0 Å². The van der Waals surface area contributed by atoms with E-state index in [9.17, 15) is 13.2 Å². The molecule has 2 aliphatic rings. The molecule has 1 atom stereocenters. The number of amides is 2. The summed E-state index contributed by atoms with van der Waals surface area (Å²) in [6.45, 7) is 3.56. The van der Waals surface area contributed by atoms with E-state index < -0.39 is 16.2 Å². The van der Waals surface area contributed by atoms with Crippen molar-refractivity contribution in [1.29, 1.82) is 0 Å². The standard InChI is InChI=1S/C20H30N6O3S2/c1-4-17-19(16-8-5-9-18(16)30-17)22-20(27)23-31(28,29)26(15-11-21-25(3)13-15)14-7-6-10-24(2)12-14/h11,13-14H,4-10,12H2,1-3H3,(H2,22,23,27). The summed E-state index contributed by atoms with van der Waals surface area (Å²) >= 11 is 1.72. The molecule has 11 heteroatoms. The molecule has 1 saturated heterocycles. The van der Waals surface area contributed by atoms with Gasteiger partial charge in [-0.1, -0.05) is 6.92 Å². The Morgan fingerprint density at radius 1 is 1.32 bits per heavy atom. The Bertz CT molecular complexity index is 1060. The van der Waals surface area contributed by atoms with E-state index >= 15 is 0 Å². The highest BCUT2D eigenvalue weighted by atomic mass is 32.2. The van der Waals surface area contributed by atoms with Crippen LogP contribution < -0.4 is 14.3 Å². The minimum atomic E-state index is -4.13. The molecule has 0 aromatic carbocycles. The normalized spacial score (nSPS) is 19.3. The predicted molar refractivity (Wildman–Crippen MR) is 123 cm³/mol. The van der Waals surface area contributed by atoms with E-state index in [1.807, 2.05) is 14.0 Å². The summed E-state index contributed by atoms with van der Waals surface area (Å²) < 4.78 is 31.9. The van der Waals surface area contributed by atoms with Gasteiger partial charge in [-0.2, -0.15) is 13.5 Å². The number of likely N-dealkylation sites (N-methyl/N-ethyl adjacent to an activating group) is 1. The zero-order valence-electron chi connectivity index (χ0n) is 18.2. The Kier molecular flexibility index (Phi) is 6.27. The van der Waals surface area contributed by atoms with Gasteiger partial charge in [0.05, 0.1) is 23.6 Å². The number of nitrogens with one attached hydrogen (secondary N) is 2. The number of nitrogens with zero attached hydrogens (tertiary/aromatic N) is 4. The topological polar surface area (TPSA) is 99.6 Å². The van der Waals surface area contributed by atoms with Crippen LogP contribution in [0.1, 0.15) is 41.5 Å². The molecule has 31 heavy (non-hydrogen) atoms. The van der Waals surface area contributed by atoms with Gasteiger partial charge in [0.2, 0.25) is 0 Å². The molecule has 2 amide bonds. The molecule has 0 bridgehead atoms. The molecule has 0 spiro atoms. The SMILES string of the molecule is CCc1sc2c(c1NC(=O)NS(=O)(=O)N(c1cnn(C)c1)C1CCCN(C)C1)CCC2. The number of hydrogen-bond donors (Lipinski definition) is 2. The Morgan fingerprint density at radius 2 is 2.13 bits per heavy atom. The molecule has 1 fully saturated rings. The first-order chi connectivity index (χ1) is 14.8. The maximum Gasteiger partial charge on any atom is 0.334 e. The molecule has 0 radical (unpaired) electrons. The fraction of sp³-hybridized carbons (Fsp3) is 0.600. The van der Waals surface area contributed by atoms with Crippen molar-refractivity contribution in [1.82, 2.24) is 19.4 Å². The van der Waals surface area contributed by atoms with Gasteiger partial charge in [-0.25, -0.2) is 13.8 Å². The van der Waals surface area contributed by atoms with E-state index in [-0.39, 0.29) is 6.04 Å². The van der Waals surface area contributed by atoms with Gasteiger partial charge in [0.15, 0.2) is 0 Å². The third-order valence-corrected chi connectivity index (χ3v) is 8.82. The first kappa shape index (κ1) is 22.1. The summed E-state index contributed by atoms with van der Waals surface area (Å²) in [5.41, 5.74) is 2.40. The zero-order chi connectivity index (χ0) is 22.2. The van der Waals surface area contributed by atoms with Crippen molar-refractivity contribution in [2.45, 2.75) is 51.5 Å². The van der Waals surface area contributed by atoms with Crippen LogP contribution in [0.3, 0.4) is 0 Å². The molecule has 1 aliphatic heterocycles. The Morgan fingerprint density at radius 3 is 2.81 bits per heavy atom. The van der Waals surface area contributed by atoms with E-state index in [1.165, 1.54) is 15.4 Å². The van der Waals surface area contributed by atoms with Gasteiger partial charge in [-0.15, -0.1) is 11.3 Å². The average molecular weight is 467 g/mol. The molecule has 2 N–H and O–H groups in total. The van der Waals surface area contributed by atoms with Crippen molar-refractivity contribution >= 4 is 39.0 Å². The van der Waals surface area contributed by atoms with Crippen molar-refractivity contribution in [3.05, 3.63) is 27.7 Å². The van der Waals surface area contributed by atoms with Crippen LogP contribution >= 0.6 is 11.3 Å². The van der Waals surface area contributed by atoms with Gasteiger partial charge in [0.1, 0.15) is 0 Å². The van der Waals surface area contributed by atoms with Crippen LogP contribution in [0.2, 0.25) is 0 Å². The summed E-state index contributed by atoms with van der Waals surface area (Å²) in [7, 11) is -0.410. The lowest BCUT2D eigenvalue weighted by molar-refractivity contribution is 0.251. The van der Waals surface area contributed by atoms with Crippen molar-refractivity contribution in [2.75, 3.05) is 29.8 Å². The second kappa shape index (κ2) is 8.79. The number of thiophene rings is 1. The molecule has 0 saturated carbocycles. The van der Waals surface area contributed by atoms with Crippen LogP contribution in [-0.2, 0) is 36.5 Å². The Hall–Kier alpha value is -2.11. The molecular weight excluding hydrogens is 436 g/mol. The van der Waals surface area contributed by atoms with E-state index in [4.69, 9.17) is 0 Å². The van der Waals surface area contributed by atoms with Crippen molar-refractivity contribution in [3.8, 4) is 0 Å². The van der Waals surface area contributed by atoms with Crippen LogP contribution in [0.25, 0.3) is 0 Å². The van der Waals surface area contributed by atoms with Crippen LogP contribution in [0.15, 0.2) is 12.4 Å². The summed E-state index contributed by atoms with van der Waals surface area (Å²) in [6, 6.07) is -0.995. The highest BCUT2D eigenvalue weighted by molar-refractivity contribution is 7.91. The number of piperidine rings is 1. The highest BCUT2D eigenvalue weighted by Gasteiger charge is 2.35. The van der Waals surface area contributed by atoms with E-state index in [2.05, 4.69) is 20.0 Å². The fourth-order valence-corrected chi connectivity index (χ4v) is 7.17. The Balaban J connectivity index is 1.57. The monoisotopic (exact) mass is 466 g/mol. The molecule has 1 unspecified atom stereocenters. The molecule has 9 nitrogen and oxygen atoms in total. The molecule has 3 heterocycles. The summed E-state index contributed by atoms with van der Waals surface area (Å²) in [6.07, 6.45) is 8.61. The van der Waals surface area contributed by atoms with E-state index in [0.29, 0.717) is 12.2 Å². The predicted octanol–water partition coefficient (Wildman–Crippen LogP) is 2.50. The fourth-order valence-electron chi connectivity index (χ4n) is 4.56. The number of fused-ring (bicyclic) bond motifs is 1. The van der Waals surface area contributed by atoms with E-state index in [0.717, 1.165) is 61.2 Å². The van der Waals surface area contributed by atoms with Gasteiger partial charge in [0, 0.05) is 29.5 Å². The van der Waals surface area contributed by atoms with Crippen LogP contribution in [0.4, 0.5) is 16.2 Å². The van der Waals surface area contributed by atoms with Gasteiger partial charge in [0.25, 0.3) is 0 Å². The third-order valence-electron chi connectivity index (χ3n) is 5.91. The number of rotatable bonds is 6. The van der Waals surface area contributed by atoms with E-state index in [1.54, 1.807) is 29.3 Å². The largest absolute Gasteiger partial charge is 0.334 e. The van der Waals surface area contributed by atoms with Crippen molar-refractivity contribution < 1.29 is 13.2 Å². The number of aryl methyl sites for hydroxylation is 3. The van der Waals surface area contributed by atoms with Gasteiger partial charge < -0.3 is 10.2 Å². The minimum Gasteiger partial charge on any atom is -0.306 e. The van der Waals surface area contributed by atoms with Crippen LogP contribution in [0, 0.1) is 0 Å². The smallest absolute Gasteiger partial charge is 0.306 e. The number of carbonyl (C=O) groups is 1. The molecule has 1 aliphatic carbocycles. The number of urea groups is 1. The summed E-state index contributed by atoms with van der Waals surface area (Å²) in [5, 5.41) is 6.98. The third kappa shape index (κ3) is 4.58. The van der Waals surface area contributed by atoms with Crippen LogP contribution in [-0.4, -0.2) is 55.3 Å². The number of anilines is 2. The average Bonchev–Trinajstić information content (AvgIpc) is 3.39.